The summed E-state index contributed by atoms with van der Waals surface area (Å²) in [5.41, 5.74) is 0.0675. The summed E-state index contributed by atoms with van der Waals surface area (Å²) in [6.45, 7) is 0. The molecule has 1 aliphatic carbocycles. The van der Waals surface area contributed by atoms with Crippen LogP contribution in [0.4, 0.5) is 18.9 Å². The first-order valence-corrected chi connectivity index (χ1v) is 6.03. The molecule has 1 fully saturated rings. The number of halogens is 3. The first-order chi connectivity index (χ1) is 8.82. The van der Waals surface area contributed by atoms with Crippen LogP contribution in [0.25, 0.3) is 0 Å². The van der Waals surface area contributed by atoms with Crippen LogP contribution in [0, 0.1) is 0 Å². The van der Waals surface area contributed by atoms with Crippen LogP contribution in [-0.2, 0) is 11.0 Å². The Morgan fingerprint density at radius 1 is 1.42 bits per heavy atom. The Labute approximate surface area is 107 Å². The molecular formula is C13H12F3NO2. The summed E-state index contributed by atoms with van der Waals surface area (Å²) < 4.78 is 38.2. The van der Waals surface area contributed by atoms with E-state index in [0.717, 1.165) is 25.0 Å². The summed E-state index contributed by atoms with van der Waals surface area (Å²) in [6.07, 6.45) is -2.93. The Kier molecular flexibility index (Phi) is 2.37. The van der Waals surface area contributed by atoms with E-state index in [1.54, 1.807) is 0 Å². The molecule has 1 aliphatic heterocycles. The summed E-state index contributed by atoms with van der Waals surface area (Å²) >= 11 is 0. The topological polar surface area (TPSA) is 49.3 Å². The number of hydrogen-bond acceptors (Lipinski definition) is 2. The molecule has 1 saturated carbocycles. The number of fused-ring (bicyclic) bond motifs is 1. The molecule has 19 heavy (non-hydrogen) atoms. The molecular weight excluding hydrogens is 259 g/mol. The molecule has 1 aromatic rings. The van der Waals surface area contributed by atoms with Crippen LogP contribution in [0.15, 0.2) is 18.2 Å². The minimum absolute atomic E-state index is 0.138. The van der Waals surface area contributed by atoms with Gasteiger partial charge in [0.25, 0.3) is 0 Å². The van der Waals surface area contributed by atoms with Gasteiger partial charge in [-0.2, -0.15) is 13.2 Å². The number of anilines is 1. The number of hydrogen-bond donors (Lipinski definition) is 2. The van der Waals surface area contributed by atoms with Gasteiger partial charge in [-0.1, -0.05) is 0 Å². The molecule has 1 spiro atoms. The van der Waals surface area contributed by atoms with Gasteiger partial charge in [0.15, 0.2) is 0 Å². The lowest BCUT2D eigenvalue weighted by molar-refractivity contribution is -0.138. The highest BCUT2D eigenvalue weighted by molar-refractivity contribution is 5.73. The monoisotopic (exact) mass is 271 g/mol. The van der Waals surface area contributed by atoms with Crippen molar-refractivity contribution in [1.29, 1.82) is 0 Å². The van der Waals surface area contributed by atoms with Crippen molar-refractivity contribution >= 4 is 11.7 Å². The maximum atomic E-state index is 12.7. The van der Waals surface area contributed by atoms with Crippen molar-refractivity contribution in [3.63, 3.8) is 0 Å². The van der Waals surface area contributed by atoms with E-state index in [1.165, 1.54) is 6.07 Å². The van der Waals surface area contributed by atoms with Crippen molar-refractivity contribution in [2.75, 3.05) is 5.32 Å². The third-order valence-corrected chi connectivity index (χ3v) is 3.97. The first-order valence-electron chi connectivity index (χ1n) is 6.03. The highest BCUT2D eigenvalue weighted by Gasteiger charge is 2.55. The Morgan fingerprint density at radius 2 is 2.11 bits per heavy atom. The highest BCUT2D eigenvalue weighted by atomic mass is 19.4. The lowest BCUT2D eigenvalue weighted by atomic mass is 9.89. The van der Waals surface area contributed by atoms with E-state index in [1.807, 2.05) is 0 Å². The van der Waals surface area contributed by atoms with Crippen LogP contribution < -0.4 is 5.32 Å². The van der Waals surface area contributed by atoms with Crippen LogP contribution >= 0.6 is 0 Å². The summed E-state index contributed by atoms with van der Waals surface area (Å²) in [4.78, 5) is 10.9. The minimum atomic E-state index is -4.40. The molecule has 1 aromatic carbocycles. The zero-order chi connectivity index (χ0) is 13.8. The average Bonchev–Trinajstić information content (AvgIpc) is 2.99. The molecule has 102 valence electrons. The van der Waals surface area contributed by atoms with Crippen LogP contribution in [0.5, 0.6) is 0 Å². The van der Waals surface area contributed by atoms with Gasteiger partial charge in [-0.3, -0.25) is 4.79 Å². The third kappa shape index (κ3) is 1.95. The minimum Gasteiger partial charge on any atom is -0.481 e. The molecule has 0 amide bonds. The summed E-state index contributed by atoms with van der Waals surface area (Å²) in [5, 5.41) is 12.1. The van der Waals surface area contributed by atoms with Gasteiger partial charge in [-0.15, -0.1) is 0 Å². The fourth-order valence-electron chi connectivity index (χ4n) is 2.88. The van der Waals surface area contributed by atoms with Gasteiger partial charge in [0.2, 0.25) is 0 Å². The molecule has 3 nitrogen and oxygen atoms in total. The smallest absolute Gasteiger partial charge is 0.416 e. The number of aliphatic carboxylic acids is 1. The van der Waals surface area contributed by atoms with Crippen LogP contribution in [0.3, 0.4) is 0 Å². The number of benzene rings is 1. The van der Waals surface area contributed by atoms with Gasteiger partial charge in [0, 0.05) is 17.1 Å². The quantitative estimate of drug-likeness (QED) is 0.868. The molecule has 2 N–H and O–H groups in total. The molecule has 1 unspecified atom stereocenters. The van der Waals surface area contributed by atoms with Crippen LogP contribution in [0.2, 0.25) is 0 Å². The van der Waals surface area contributed by atoms with Crippen molar-refractivity contribution in [3.8, 4) is 0 Å². The predicted octanol–water partition coefficient (Wildman–Crippen LogP) is 3.22. The summed E-state index contributed by atoms with van der Waals surface area (Å²) in [7, 11) is 0. The van der Waals surface area contributed by atoms with E-state index < -0.39 is 17.7 Å². The zero-order valence-corrected chi connectivity index (χ0v) is 9.92. The molecule has 2 aliphatic rings. The zero-order valence-electron chi connectivity index (χ0n) is 9.92. The molecule has 1 atom stereocenters. The number of alkyl halides is 3. The van der Waals surface area contributed by atoms with Gasteiger partial charge in [-0.05, 0) is 36.6 Å². The predicted molar refractivity (Wildman–Crippen MR) is 62.0 cm³/mol. The Morgan fingerprint density at radius 3 is 2.63 bits per heavy atom. The van der Waals surface area contributed by atoms with Crippen molar-refractivity contribution in [2.45, 2.75) is 36.9 Å². The fraction of sp³-hybridized carbons (Fsp3) is 0.462. The molecule has 0 radical (unpaired) electrons. The van der Waals surface area contributed by atoms with E-state index in [4.69, 9.17) is 5.11 Å². The van der Waals surface area contributed by atoms with E-state index in [2.05, 4.69) is 5.32 Å². The first kappa shape index (κ1) is 12.3. The molecule has 0 aromatic heterocycles. The second-order valence-corrected chi connectivity index (χ2v) is 5.23. The average molecular weight is 271 g/mol. The molecule has 0 bridgehead atoms. The number of rotatable bonds is 2. The Hall–Kier alpha value is -1.72. The van der Waals surface area contributed by atoms with E-state index >= 15 is 0 Å². The second-order valence-electron chi connectivity index (χ2n) is 5.23. The highest BCUT2D eigenvalue weighted by Crippen LogP contribution is 2.58. The third-order valence-electron chi connectivity index (χ3n) is 3.97. The van der Waals surface area contributed by atoms with E-state index in [9.17, 15) is 18.0 Å². The van der Waals surface area contributed by atoms with Crippen LogP contribution in [0.1, 0.15) is 36.3 Å². The molecule has 0 saturated heterocycles. The van der Waals surface area contributed by atoms with Gasteiger partial charge in [-0.25, -0.2) is 0 Å². The standard InChI is InChI=1S/C13H12F3NO2/c14-13(15,16)7-1-2-10-8(5-7)9(6-11(18)19)12(17-10)3-4-12/h1-2,5,9,17H,3-4,6H2,(H,18,19). The van der Waals surface area contributed by atoms with E-state index in [-0.39, 0.29) is 17.9 Å². The summed E-state index contributed by atoms with van der Waals surface area (Å²) in [5.74, 6) is -1.36. The lowest BCUT2D eigenvalue weighted by Crippen LogP contribution is -2.24. The summed E-state index contributed by atoms with van der Waals surface area (Å²) in [6, 6.07) is 3.52. The van der Waals surface area contributed by atoms with E-state index in [0.29, 0.717) is 11.3 Å². The van der Waals surface area contributed by atoms with Crippen LogP contribution in [-0.4, -0.2) is 16.6 Å². The fourth-order valence-corrected chi connectivity index (χ4v) is 2.88. The number of carboxylic acid groups (broad SMARTS) is 1. The maximum Gasteiger partial charge on any atom is 0.416 e. The van der Waals surface area contributed by atoms with Crippen molar-refractivity contribution in [2.24, 2.45) is 0 Å². The molecule has 6 heteroatoms. The molecule has 1 heterocycles. The number of carbonyl (C=O) groups is 1. The second kappa shape index (κ2) is 3.65. The van der Waals surface area contributed by atoms with Gasteiger partial charge >= 0.3 is 12.1 Å². The maximum absolute atomic E-state index is 12.7. The normalized spacial score (nSPS) is 23.0. The van der Waals surface area contributed by atoms with Gasteiger partial charge in [0.05, 0.1) is 12.0 Å². The van der Waals surface area contributed by atoms with Crippen molar-refractivity contribution in [1.82, 2.24) is 0 Å². The number of nitrogens with one attached hydrogen (secondary N) is 1. The van der Waals surface area contributed by atoms with Crippen molar-refractivity contribution in [3.05, 3.63) is 29.3 Å². The largest absolute Gasteiger partial charge is 0.481 e. The van der Waals surface area contributed by atoms with Gasteiger partial charge < -0.3 is 10.4 Å². The van der Waals surface area contributed by atoms with Crippen molar-refractivity contribution < 1.29 is 23.1 Å². The SMILES string of the molecule is O=C(O)CC1c2cc(C(F)(F)F)ccc2NC12CC2. The Balaban J connectivity index is 2.02. The molecule has 3 rings (SSSR count). The lowest BCUT2D eigenvalue weighted by Gasteiger charge is -2.17. The number of carboxylic acids is 1. The Bertz CT molecular complexity index is 549. The van der Waals surface area contributed by atoms with Gasteiger partial charge in [0.1, 0.15) is 0 Å².